The molecule has 4 heteroatoms. The Balaban J connectivity index is 2.37. The summed E-state index contributed by atoms with van der Waals surface area (Å²) in [4.78, 5) is 0. The molecule has 254 valence electrons. The Morgan fingerprint density at radius 2 is 1.07 bits per heavy atom. The minimum atomic E-state index is -1.66. The van der Waals surface area contributed by atoms with Gasteiger partial charge in [0.2, 0.25) is 0 Å². The van der Waals surface area contributed by atoms with Gasteiger partial charge < -0.3 is 9.05 Å². The van der Waals surface area contributed by atoms with E-state index in [1.54, 1.807) is 0 Å². The van der Waals surface area contributed by atoms with Gasteiger partial charge in [-0.05, 0) is 81.9 Å². The minimum Gasteiger partial charge on any atom is -0.417 e. The lowest BCUT2D eigenvalue weighted by molar-refractivity contribution is 0.205. The third kappa shape index (κ3) is 8.67. The van der Waals surface area contributed by atoms with Gasteiger partial charge in [0.15, 0.2) is 0 Å². The lowest BCUT2D eigenvalue weighted by Gasteiger charge is -2.36. The molecule has 0 aliphatic carbocycles. The Labute approximate surface area is 279 Å². The Kier molecular flexibility index (Phi) is 12.7. The molecule has 1 aliphatic rings. The normalized spacial score (nSPS) is 15.4. The fraction of sp³-hybridized carbons (Fsp3) is 0.707. The van der Waals surface area contributed by atoms with Gasteiger partial charge in [-0.15, -0.1) is 0 Å². The van der Waals surface area contributed by atoms with Gasteiger partial charge in [0.05, 0.1) is 6.61 Å². The smallest absolute Gasteiger partial charge is 0.417 e. The molecule has 1 heterocycles. The highest BCUT2D eigenvalue weighted by Crippen LogP contribution is 2.54. The van der Waals surface area contributed by atoms with Crippen molar-refractivity contribution in [2.75, 3.05) is 6.61 Å². The van der Waals surface area contributed by atoms with E-state index < -0.39 is 8.60 Å². The molecule has 1 unspecified atom stereocenters. The topological polar surface area (TPSA) is 27.7 Å². The van der Waals surface area contributed by atoms with Crippen LogP contribution in [0.25, 0.3) is 0 Å². The van der Waals surface area contributed by atoms with Crippen molar-refractivity contribution in [3.05, 3.63) is 57.6 Å². The molecule has 0 N–H and O–H groups in total. The summed E-state index contributed by atoms with van der Waals surface area (Å²) in [5.74, 6) is 2.46. The monoisotopic (exact) mass is 638 g/mol. The zero-order valence-corrected chi connectivity index (χ0v) is 32.5. The second-order valence-corrected chi connectivity index (χ2v) is 17.3. The number of hydrogen-bond donors (Lipinski definition) is 0. The Morgan fingerprint density at radius 3 is 1.42 bits per heavy atom. The van der Waals surface area contributed by atoms with Crippen LogP contribution in [0.5, 0.6) is 11.5 Å². The third-order valence-corrected chi connectivity index (χ3v) is 12.6. The highest BCUT2D eigenvalue weighted by molar-refractivity contribution is 7.42. The summed E-state index contributed by atoms with van der Waals surface area (Å²) in [7, 11) is -1.66. The number of fused-ring (bicyclic) bond motifs is 2. The Bertz CT molecular complexity index is 1180. The van der Waals surface area contributed by atoms with Crippen LogP contribution in [0.4, 0.5) is 0 Å². The van der Waals surface area contributed by atoms with E-state index in [0.29, 0.717) is 12.5 Å². The molecule has 1 atom stereocenters. The van der Waals surface area contributed by atoms with Crippen LogP contribution in [-0.4, -0.2) is 6.61 Å². The molecule has 0 saturated heterocycles. The first-order chi connectivity index (χ1) is 21.0. The molecule has 45 heavy (non-hydrogen) atoms. The summed E-state index contributed by atoms with van der Waals surface area (Å²) in [5, 5.41) is 0. The molecule has 3 rings (SSSR count). The fourth-order valence-electron chi connectivity index (χ4n) is 5.92. The van der Waals surface area contributed by atoms with E-state index >= 15 is 0 Å². The number of unbranched alkanes of at least 4 members (excludes halogenated alkanes) is 1. The van der Waals surface area contributed by atoms with Gasteiger partial charge in [-0.3, -0.25) is 4.52 Å². The van der Waals surface area contributed by atoms with Crippen LogP contribution < -0.4 is 9.05 Å². The third-order valence-electron chi connectivity index (χ3n) is 11.6. The zero-order chi connectivity index (χ0) is 33.8. The number of hydrogen-bond acceptors (Lipinski definition) is 3. The molecule has 2 aromatic rings. The van der Waals surface area contributed by atoms with E-state index in [9.17, 15) is 0 Å². The molecule has 1 aliphatic heterocycles. The van der Waals surface area contributed by atoms with Crippen molar-refractivity contribution in [1.82, 2.24) is 0 Å². The van der Waals surface area contributed by atoms with Crippen LogP contribution in [0.2, 0.25) is 0 Å². The largest absolute Gasteiger partial charge is 0.463 e. The standard InChI is InChI=1S/C41H67O3P/c1-15-21-22-29(16-2)28-42-45-43-36-30(24-32(38(7,8)17-3)26-34(36)40(11,12)19-5)23-31-25-33(39(9,10)18-4)27-35(37(31)44-45)41(13,14)20-6/h24-27,29H,15-23,28H2,1-14H3. The average Bonchev–Trinajstić information content (AvgIpc) is 3.00. The molecule has 2 aromatic carbocycles. The minimum absolute atomic E-state index is 0.0541. The fourth-order valence-corrected chi connectivity index (χ4v) is 7.13. The van der Waals surface area contributed by atoms with Crippen LogP contribution in [-0.2, 0) is 32.6 Å². The predicted molar refractivity (Wildman–Crippen MR) is 196 cm³/mol. The van der Waals surface area contributed by atoms with Crippen LogP contribution in [0.15, 0.2) is 24.3 Å². The van der Waals surface area contributed by atoms with E-state index in [4.69, 9.17) is 13.6 Å². The van der Waals surface area contributed by atoms with Crippen LogP contribution in [0.3, 0.4) is 0 Å². The predicted octanol–water partition coefficient (Wildman–Crippen LogP) is 13.3. The van der Waals surface area contributed by atoms with Crippen molar-refractivity contribution >= 4 is 8.60 Å². The van der Waals surface area contributed by atoms with Crippen LogP contribution in [0.1, 0.15) is 182 Å². The van der Waals surface area contributed by atoms with E-state index in [2.05, 4.69) is 121 Å². The first-order valence-electron chi connectivity index (χ1n) is 18.1. The summed E-state index contributed by atoms with van der Waals surface area (Å²) in [6.07, 6.45) is 9.69. The summed E-state index contributed by atoms with van der Waals surface area (Å²) in [6.45, 7) is 33.3. The van der Waals surface area contributed by atoms with Gasteiger partial charge in [-0.1, -0.05) is 140 Å². The van der Waals surface area contributed by atoms with E-state index in [1.165, 1.54) is 52.6 Å². The SMILES string of the molecule is CCCCC(CC)COP1Oc2c(cc(C(C)(C)CC)cc2C(C)(C)CC)Cc2cc(C(C)(C)CC)cc(C(C)(C)CC)c2O1. The van der Waals surface area contributed by atoms with Crippen molar-refractivity contribution in [3.8, 4) is 11.5 Å². The van der Waals surface area contributed by atoms with E-state index in [-0.39, 0.29) is 21.7 Å². The summed E-state index contributed by atoms with van der Waals surface area (Å²) < 4.78 is 20.9. The summed E-state index contributed by atoms with van der Waals surface area (Å²) in [5.41, 5.74) is 7.87. The highest BCUT2D eigenvalue weighted by Gasteiger charge is 2.37. The molecule has 0 bridgehead atoms. The lowest BCUT2D eigenvalue weighted by Crippen LogP contribution is -2.25. The Morgan fingerprint density at radius 1 is 0.644 bits per heavy atom. The van der Waals surface area contributed by atoms with Gasteiger partial charge in [0.25, 0.3) is 0 Å². The molecule has 0 amide bonds. The number of rotatable bonds is 15. The van der Waals surface area contributed by atoms with Gasteiger partial charge in [0, 0.05) is 17.5 Å². The molecule has 3 nitrogen and oxygen atoms in total. The molecule has 0 saturated carbocycles. The first kappa shape index (κ1) is 37.9. The summed E-state index contributed by atoms with van der Waals surface area (Å²) >= 11 is 0. The summed E-state index contributed by atoms with van der Waals surface area (Å²) in [6, 6.07) is 9.74. The molecular weight excluding hydrogens is 571 g/mol. The van der Waals surface area contributed by atoms with E-state index in [0.717, 1.165) is 50.0 Å². The van der Waals surface area contributed by atoms with E-state index in [1.807, 2.05) is 0 Å². The maximum absolute atomic E-state index is 7.05. The van der Waals surface area contributed by atoms with Gasteiger partial charge >= 0.3 is 8.60 Å². The van der Waals surface area contributed by atoms with Crippen molar-refractivity contribution in [2.24, 2.45) is 5.92 Å². The van der Waals surface area contributed by atoms with Crippen molar-refractivity contribution in [1.29, 1.82) is 0 Å². The zero-order valence-electron chi connectivity index (χ0n) is 31.6. The molecule has 0 radical (unpaired) electrons. The first-order valence-corrected chi connectivity index (χ1v) is 19.2. The van der Waals surface area contributed by atoms with Gasteiger partial charge in [0.1, 0.15) is 11.5 Å². The van der Waals surface area contributed by atoms with Gasteiger partial charge in [-0.2, -0.15) is 0 Å². The maximum Gasteiger partial charge on any atom is 0.463 e. The van der Waals surface area contributed by atoms with Crippen LogP contribution in [0, 0.1) is 5.92 Å². The maximum atomic E-state index is 7.05. The van der Waals surface area contributed by atoms with Crippen molar-refractivity contribution in [2.45, 2.75) is 176 Å². The molecular formula is C41H67O3P. The number of benzene rings is 2. The second kappa shape index (κ2) is 15.1. The van der Waals surface area contributed by atoms with Crippen LogP contribution >= 0.6 is 8.60 Å². The molecule has 0 fully saturated rings. The lowest BCUT2D eigenvalue weighted by atomic mass is 9.73. The molecule has 0 spiro atoms. The molecule has 0 aromatic heterocycles. The van der Waals surface area contributed by atoms with Gasteiger partial charge in [-0.25, -0.2) is 0 Å². The van der Waals surface area contributed by atoms with Crippen molar-refractivity contribution < 1.29 is 13.6 Å². The average molecular weight is 639 g/mol. The second-order valence-electron chi connectivity index (χ2n) is 16.3. The van der Waals surface area contributed by atoms with Crippen molar-refractivity contribution in [3.63, 3.8) is 0 Å². The Hall–Kier alpha value is -1.57. The highest BCUT2D eigenvalue weighted by atomic mass is 31.2. The quantitative estimate of drug-likeness (QED) is 0.182.